The predicted molar refractivity (Wildman–Crippen MR) is 83.0 cm³/mol. The van der Waals surface area contributed by atoms with Crippen LogP contribution in [0.15, 0.2) is 36.9 Å². The maximum atomic E-state index is 12.0. The molecule has 0 spiro atoms. The summed E-state index contributed by atoms with van der Waals surface area (Å²) in [6.45, 7) is 8.53. The average Bonchev–Trinajstić information content (AvgIpc) is 2.47. The van der Waals surface area contributed by atoms with E-state index in [1.54, 1.807) is 4.90 Å². The maximum absolute atomic E-state index is 12.0. The third kappa shape index (κ3) is 4.43. The quantitative estimate of drug-likeness (QED) is 0.848. The predicted octanol–water partition coefficient (Wildman–Crippen LogP) is 1.26. The lowest BCUT2D eigenvalue weighted by atomic mass is 10.2. The molecule has 112 valence electrons. The normalized spacial score (nSPS) is 15.6. The number of rotatable bonds is 4. The molecule has 2 amide bonds. The van der Waals surface area contributed by atoms with Gasteiger partial charge in [-0.2, -0.15) is 0 Å². The Balaban J connectivity index is 1.79. The number of nitrogens with zero attached hydrogens (tertiary/aromatic N) is 2. The molecule has 1 heterocycles. The van der Waals surface area contributed by atoms with E-state index in [0.717, 1.165) is 11.3 Å². The molecule has 0 saturated carbocycles. The van der Waals surface area contributed by atoms with Gasteiger partial charge in [0.1, 0.15) is 0 Å². The van der Waals surface area contributed by atoms with Gasteiger partial charge in [0.15, 0.2) is 0 Å². The van der Waals surface area contributed by atoms with Gasteiger partial charge >= 0.3 is 0 Å². The molecule has 1 N–H and O–H groups in total. The summed E-state index contributed by atoms with van der Waals surface area (Å²) in [5, 5.41) is 2.90. The number of carbonyl (C=O) groups excluding carboxylic acids is 2. The van der Waals surface area contributed by atoms with E-state index in [2.05, 4.69) is 16.8 Å². The van der Waals surface area contributed by atoms with Crippen molar-refractivity contribution in [3.63, 3.8) is 0 Å². The molecule has 1 aromatic carbocycles. The second kappa shape index (κ2) is 7.04. The van der Waals surface area contributed by atoms with Crippen LogP contribution in [-0.4, -0.2) is 54.3 Å². The van der Waals surface area contributed by atoms with Crippen LogP contribution in [0.3, 0.4) is 0 Å². The smallest absolute Gasteiger partial charge is 0.246 e. The summed E-state index contributed by atoms with van der Waals surface area (Å²) in [5.41, 5.74) is 1.94. The van der Waals surface area contributed by atoms with E-state index in [4.69, 9.17) is 0 Å². The Morgan fingerprint density at radius 2 is 2.00 bits per heavy atom. The fraction of sp³-hybridized carbons (Fsp3) is 0.375. The summed E-state index contributed by atoms with van der Waals surface area (Å²) in [6, 6.07) is 7.74. The zero-order chi connectivity index (χ0) is 15.2. The van der Waals surface area contributed by atoms with Gasteiger partial charge in [-0.15, -0.1) is 0 Å². The summed E-state index contributed by atoms with van der Waals surface area (Å²) in [4.78, 5) is 27.3. The van der Waals surface area contributed by atoms with Gasteiger partial charge in [-0.25, -0.2) is 0 Å². The number of piperazine rings is 1. The second-order valence-electron chi connectivity index (χ2n) is 5.22. The highest BCUT2D eigenvalue weighted by atomic mass is 16.2. The summed E-state index contributed by atoms with van der Waals surface area (Å²) < 4.78 is 0. The summed E-state index contributed by atoms with van der Waals surface area (Å²) in [6.07, 6.45) is 1.33. The van der Waals surface area contributed by atoms with E-state index in [1.165, 1.54) is 6.08 Å². The van der Waals surface area contributed by atoms with Crippen LogP contribution in [0, 0.1) is 6.92 Å². The monoisotopic (exact) mass is 287 g/mol. The Hall–Kier alpha value is -2.14. The van der Waals surface area contributed by atoms with Crippen molar-refractivity contribution < 1.29 is 9.59 Å². The topological polar surface area (TPSA) is 52.7 Å². The Kier molecular flexibility index (Phi) is 5.11. The first-order valence-corrected chi connectivity index (χ1v) is 7.08. The molecule has 0 unspecified atom stereocenters. The van der Waals surface area contributed by atoms with E-state index >= 15 is 0 Å². The van der Waals surface area contributed by atoms with E-state index in [-0.39, 0.29) is 11.8 Å². The van der Waals surface area contributed by atoms with Crippen LogP contribution in [0.2, 0.25) is 0 Å². The zero-order valence-corrected chi connectivity index (χ0v) is 12.3. The van der Waals surface area contributed by atoms with Crippen LogP contribution >= 0.6 is 0 Å². The molecule has 5 nitrogen and oxygen atoms in total. The number of amides is 2. The van der Waals surface area contributed by atoms with E-state index in [0.29, 0.717) is 32.7 Å². The first-order valence-electron chi connectivity index (χ1n) is 7.08. The van der Waals surface area contributed by atoms with Gasteiger partial charge in [-0.05, 0) is 30.7 Å². The van der Waals surface area contributed by atoms with Gasteiger partial charge in [0.05, 0.1) is 6.54 Å². The molecule has 0 atom stereocenters. The number of benzene rings is 1. The molecule has 2 rings (SSSR count). The molecular weight excluding hydrogens is 266 g/mol. The molecule has 0 radical (unpaired) electrons. The minimum atomic E-state index is -0.0427. The molecule has 1 aromatic rings. The highest BCUT2D eigenvalue weighted by Gasteiger charge is 2.20. The van der Waals surface area contributed by atoms with Gasteiger partial charge in [0.2, 0.25) is 11.8 Å². The van der Waals surface area contributed by atoms with Gasteiger partial charge in [0, 0.05) is 31.9 Å². The van der Waals surface area contributed by atoms with Crippen LogP contribution in [0.5, 0.6) is 0 Å². The number of carbonyl (C=O) groups is 2. The van der Waals surface area contributed by atoms with Crippen molar-refractivity contribution in [2.75, 3.05) is 38.0 Å². The van der Waals surface area contributed by atoms with Gasteiger partial charge in [-0.3, -0.25) is 14.5 Å². The molecule has 1 aliphatic heterocycles. The second-order valence-corrected chi connectivity index (χ2v) is 5.22. The summed E-state index contributed by atoms with van der Waals surface area (Å²) in [7, 11) is 0. The van der Waals surface area contributed by atoms with Crippen molar-refractivity contribution in [2.45, 2.75) is 6.92 Å². The third-order valence-electron chi connectivity index (χ3n) is 3.53. The van der Waals surface area contributed by atoms with Crippen molar-refractivity contribution >= 4 is 17.5 Å². The standard InChI is InChI=1S/C16H21N3O2/c1-3-16(21)19-9-7-18(8-10-19)12-15(20)17-14-6-4-5-13(2)11-14/h3-6,11H,1,7-10,12H2,2H3,(H,17,20). The van der Waals surface area contributed by atoms with Crippen molar-refractivity contribution in [3.8, 4) is 0 Å². The SMILES string of the molecule is C=CC(=O)N1CCN(CC(=O)Nc2cccc(C)c2)CC1. The Labute approximate surface area is 125 Å². The highest BCUT2D eigenvalue weighted by Crippen LogP contribution is 2.10. The summed E-state index contributed by atoms with van der Waals surface area (Å²) >= 11 is 0. The van der Waals surface area contributed by atoms with Crippen LogP contribution in [-0.2, 0) is 9.59 Å². The lowest BCUT2D eigenvalue weighted by molar-refractivity contribution is -0.128. The number of nitrogens with one attached hydrogen (secondary N) is 1. The fourth-order valence-corrected chi connectivity index (χ4v) is 2.38. The van der Waals surface area contributed by atoms with Crippen LogP contribution < -0.4 is 5.32 Å². The molecule has 1 aliphatic rings. The average molecular weight is 287 g/mol. The molecule has 0 aliphatic carbocycles. The third-order valence-corrected chi connectivity index (χ3v) is 3.53. The largest absolute Gasteiger partial charge is 0.337 e. The summed E-state index contributed by atoms with van der Waals surface area (Å²) in [5.74, 6) is -0.0667. The Morgan fingerprint density at radius 1 is 1.29 bits per heavy atom. The van der Waals surface area contributed by atoms with Crippen LogP contribution in [0.4, 0.5) is 5.69 Å². The zero-order valence-electron chi connectivity index (χ0n) is 12.3. The molecule has 1 fully saturated rings. The van der Waals surface area contributed by atoms with Crippen LogP contribution in [0.25, 0.3) is 0 Å². The first kappa shape index (κ1) is 15.3. The number of anilines is 1. The van der Waals surface area contributed by atoms with E-state index in [9.17, 15) is 9.59 Å². The first-order chi connectivity index (χ1) is 10.1. The Bertz CT molecular complexity index is 534. The molecular formula is C16H21N3O2. The molecule has 0 bridgehead atoms. The molecule has 21 heavy (non-hydrogen) atoms. The van der Waals surface area contributed by atoms with Crippen molar-refractivity contribution in [2.24, 2.45) is 0 Å². The maximum Gasteiger partial charge on any atom is 0.246 e. The van der Waals surface area contributed by atoms with Gasteiger partial charge in [-0.1, -0.05) is 18.7 Å². The minimum absolute atomic E-state index is 0.0240. The van der Waals surface area contributed by atoms with Crippen molar-refractivity contribution in [1.29, 1.82) is 0 Å². The minimum Gasteiger partial charge on any atom is -0.337 e. The lowest BCUT2D eigenvalue weighted by Gasteiger charge is -2.33. The van der Waals surface area contributed by atoms with Gasteiger partial charge < -0.3 is 10.2 Å². The van der Waals surface area contributed by atoms with Crippen molar-refractivity contribution in [1.82, 2.24) is 9.80 Å². The van der Waals surface area contributed by atoms with Crippen molar-refractivity contribution in [3.05, 3.63) is 42.5 Å². The van der Waals surface area contributed by atoms with Gasteiger partial charge in [0.25, 0.3) is 0 Å². The molecule has 0 aromatic heterocycles. The van der Waals surface area contributed by atoms with E-state index in [1.807, 2.05) is 31.2 Å². The number of aryl methyl sites for hydroxylation is 1. The number of hydrogen-bond donors (Lipinski definition) is 1. The lowest BCUT2D eigenvalue weighted by Crippen LogP contribution is -2.50. The van der Waals surface area contributed by atoms with E-state index < -0.39 is 0 Å². The molecule has 1 saturated heterocycles. The number of hydrogen-bond acceptors (Lipinski definition) is 3. The Morgan fingerprint density at radius 3 is 2.62 bits per heavy atom. The van der Waals surface area contributed by atoms with Crippen LogP contribution in [0.1, 0.15) is 5.56 Å². The molecule has 5 heteroatoms. The fourth-order valence-electron chi connectivity index (χ4n) is 2.38. The highest BCUT2D eigenvalue weighted by molar-refractivity contribution is 5.92.